The molecule has 0 aromatic rings. The van der Waals surface area contributed by atoms with Crippen molar-refractivity contribution in [2.24, 2.45) is 23.5 Å². The maximum absolute atomic E-state index is 6.00. The lowest BCUT2D eigenvalue weighted by Crippen LogP contribution is -2.48. The van der Waals surface area contributed by atoms with Crippen molar-refractivity contribution in [1.82, 2.24) is 4.90 Å². The van der Waals surface area contributed by atoms with Gasteiger partial charge in [-0.2, -0.15) is 0 Å². The molecule has 1 aliphatic heterocycles. The summed E-state index contributed by atoms with van der Waals surface area (Å²) in [7, 11) is 0. The Balaban J connectivity index is 1.81. The molecule has 0 amide bonds. The average molecular weight is 252 g/mol. The van der Waals surface area contributed by atoms with E-state index in [-0.39, 0.29) is 0 Å². The van der Waals surface area contributed by atoms with Crippen molar-refractivity contribution in [2.75, 3.05) is 19.6 Å². The zero-order valence-electron chi connectivity index (χ0n) is 12.4. The Labute approximate surface area is 113 Å². The average Bonchev–Trinajstić information content (AvgIpc) is 2.41. The summed E-state index contributed by atoms with van der Waals surface area (Å²) in [5.74, 6) is 2.85. The second-order valence-corrected chi connectivity index (χ2v) is 6.81. The first kappa shape index (κ1) is 14.3. The van der Waals surface area contributed by atoms with E-state index in [1.165, 1.54) is 58.0 Å². The van der Waals surface area contributed by atoms with Gasteiger partial charge in [0.05, 0.1) is 0 Å². The van der Waals surface area contributed by atoms with Crippen LogP contribution in [0, 0.1) is 17.8 Å². The van der Waals surface area contributed by atoms with Crippen molar-refractivity contribution in [3.63, 3.8) is 0 Å². The summed E-state index contributed by atoms with van der Waals surface area (Å²) in [6.45, 7) is 8.22. The van der Waals surface area contributed by atoms with Crippen LogP contribution in [0.15, 0.2) is 0 Å². The van der Waals surface area contributed by atoms with Gasteiger partial charge in [0.25, 0.3) is 0 Å². The van der Waals surface area contributed by atoms with Gasteiger partial charge in [0.2, 0.25) is 0 Å². The highest BCUT2D eigenvalue weighted by Crippen LogP contribution is 2.31. The van der Waals surface area contributed by atoms with Gasteiger partial charge in [-0.3, -0.25) is 4.90 Å². The number of nitrogens with zero attached hydrogens (tertiary/aromatic N) is 1. The van der Waals surface area contributed by atoms with Crippen LogP contribution < -0.4 is 5.73 Å². The van der Waals surface area contributed by atoms with Gasteiger partial charge >= 0.3 is 0 Å². The Morgan fingerprint density at radius 1 is 1.06 bits per heavy atom. The van der Waals surface area contributed by atoms with E-state index in [2.05, 4.69) is 18.7 Å². The summed E-state index contributed by atoms with van der Waals surface area (Å²) in [5.41, 5.74) is 6.00. The minimum absolute atomic E-state index is 0.669. The van der Waals surface area contributed by atoms with E-state index in [0.29, 0.717) is 6.04 Å². The van der Waals surface area contributed by atoms with Gasteiger partial charge < -0.3 is 5.73 Å². The summed E-state index contributed by atoms with van der Waals surface area (Å²) < 4.78 is 0. The predicted molar refractivity (Wildman–Crippen MR) is 78.6 cm³/mol. The van der Waals surface area contributed by atoms with Gasteiger partial charge in [0, 0.05) is 19.1 Å². The minimum atomic E-state index is 0.669. The second kappa shape index (κ2) is 6.91. The Bertz CT molecular complexity index is 233. The van der Waals surface area contributed by atoms with Crippen LogP contribution in [0.25, 0.3) is 0 Å². The van der Waals surface area contributed by atoms with E-state index in [1.807, 2.05) is 0 Å². The molecule has 0 aromatic heterocycles. The molecule has 2 heteroatoms. The van der Waals surface area contributed by atoms with Crippen LogP contribution in [-0.4, -0.2) is 30.6 Å². The fraction of sp³-hybridized carbons (Fsp3) is 1.00. The maximum Gasteiger partial charge on any atom is 0.0221 e. The molecule has 2 aliphatic rings. The highest BCUT2D eigenvalue weighted by atomic mass is 15.2. The standard InChI is InChI=1S/C16H32N2/c1-3-14-8-9-18(16(10-14)11-17)12-15-6-4-13(2)5-7-15/h13-16H,3-12,17H2,1-2H3. The van der Waals surface area contributed by atoms with Crippen LogP contribution in [0.2, 0.25) is 0 Å². The summed E-state index contributed by atoms with van der Waals surface area (Å²) in [5, 5.41) is 0. The highest BCUT2D eigenvalue weighted by Gasteiger charge is 2.29. The first-order valence-corrected chi connectivity index (χ1v) is 8.17. The van der Waals surface area contributed by atoms with Gasteiger partial charge in [-0.25, -0.2) is 0 Å². The summed E-state index contributed by atoms with van der Waals surface area (Å²) in [4.78, 5) is 2.72. The van der Waals surface area contributed by atoms with Crippen molar-refractivity contribution in [1.29, 1.82) is 0 Å². The molecular weight excluding hydrogens is 220 g/mol. The number of nitrogens with two attached hydrogens (primary N) is 1. The van der Waals surface area contributed by atoms with E-state index >= 15 is 0 Å². The van der Waals surface area contributed by atoms with Crippen molar-refractivity contribution < 1.29 is 0 Å². The van der Waals surface area contributed by atoms with E-state index in [1.54, 1.807) is 0 Å². The molecule has 0 aromatic carbocycles. The smallest absolute Gasteiger partial charge is 0.0221 e. The largest absolute Gasteiger partial charge is 0.329 e. The number of likely N-dealkylation sites (tertiary alicyclic amines) is 1. The molecule has 2 N–H and O–H groups in total. The molecule has 0 bridgehead atoms. The number of hydrogen-bond acceptors (Lipinski definition) is 2. The highest BCUT2D eigenvalue weighted by molar-refractivity contribution is 4.84. The molecule has 2 nitrogen and oxygen atoms in total. The molecule has 106 valence electrons. The van der Waals surface area contributed by atoms with E-state index < -0.39 is 0 Å². The fourth-order valence-electron chi connectivity index (χ4n) is 3.88. The van der Waals surface area contributed by atoms with Crippen molar-refractivity contribution in [3.8, 4) is 0 Å². The molecule has 1 heterocycles. The van der Waals surface area contributed by atoms with E-state index in [9.17, 15) is 0 Å². The fourth-order valence-corrected chi connectivity index (χ4v) is 3.88. The Morgan fingerprint density at radius 3 is 2.39 bits per heavy atom. The van der Waals surface area contributed by atoms with Crippen molar-refractivity contribution in [3.05, 3.63) is 0 Å². The van der Waals surface area contributed by atoms with Crippen LogP contribution in [0.1, 0.15) is 58.8 Å². The Kier molecular flexibility index (Phi) is 5.50. The normalized spacial score (nSPS) is 38.8. The predicted octanol–water partition coefficient (Wildman–Crippen LogP) is 3.26. The van der Waals surface area contributed by atoms with Crippen LogP contribution in [-0.2, 0) is 0 Å². The third-order valence-electron chi connectivity index (χ3n) is 5.42. The molecule has 2 atom stereocenters. The van der Waals surface area contributed by atoms with E-state index in [4.69, 9.17) is 5.73 Å². The molecule has 1 saturated carbocycles. The van der Waals surface area contributed by atoms with Gasteiger partial charge in [-0.05, 0) is 50.0 Å². The minimum Gasteiger partial charge on any atom is -0.329 e. The number of piperidine rings is 1. The lowest BCUT2D eigenvalue weighted by Gasteiger charge is -2.41. The van der Waals surface area contributed by atoms with Crippen molar-refractivity contribution in [2.45, 2.75) is 64.8 Å². The van der Waals surface area contributed by atoms with E-state index in [0.717, 1.165) is 24.3 Å². The Hall–Kier alpha value is -0.0800. The van der Waals surface area contributed by atoms with Crippen LogP contribution >= 0.6 is 0 Å². The summed E-state index contributed by atoms with van der Waals surface area (Å²) in [6, 6.07) is 0.669. The van der Waals surface area contributed by atoms with Crippen LogP contribution in [0.5, 0.6) is 0 Å². The molecule has 1 aliphatic carbocycles. The first-order chi connectivity index (χ1) is 8.72. The quantitative estimate of drug-likeness (QED) is 0.832. The zero-order chi connectivity index (χ0) is 13.0. The monoisotopic (exact) mass is 252 g/mol. The molecule has 2 rings (SSSR count). The van der Waals surface area contributed by atoms with Crippen LogP contribution in [0.4, 0.5) is 0 Å². The Morgan fingerprint density at radius 2 is 1.78 bits per heavy atom. The summed E-state index contributed by atoms with van der Waals surface area (Å²) in [6.07, 6.45) is 9.88. The topological polar surface area (TPSA) is 29.3 Å². The molecule has 1 saturated heterocycles. The maximum atomic E-state index is 6.00. The third kappa shape index (κ3) is 3.71. The van der Waals surface area contributed by atoms with Crippen molar-refractivity contribution >= 4 is 0 Å². The third-order valence-corrected chi connectivity index (χ3v) is 5.42. The van der Waals surface area contributed by atoms with Gasteiger partial charge in [0.15, 0.2) is 0 Å². The lowest BCUT2D eigenvalue weighted by atomic mass is 9.81. The molecule has 2 unspecified atom stereocenters. The second-order valence-electron chi connectivity index (χ2n) is 6.81. The number of hydrogen-bond donors (Lipinski definition) is 1. The lowest BCUT2D eigenvalue weighted by molar-refractivity contribution is 0.0843. The van der Waals surface area contributed by atoms with Gasteiger partial charge in [-0.1, -0.05) is 33.1 Å². The summed E-state index contributed by atoms with van der Waals surface area (Å²) >= 11 is 0. The molecule has 0 spiro atoms. The molecular formula is C16H32N2. The molecule has 0 radical (unpaired) electrons. The van der Waals surface area contributed by atoms with Gasteiger partial charge in [0.1, 0.15) is 0 Å². The number of rotatable bonds is 4. The SMILES string of the molecule is CCC1CCN(CC2CCC(C)CC2)C(CN)C1. The zero-order valence-corrected chi connectivity index (χ0v) is 12.4. The molecule has 18 heavy (non-hydrogen) atoms. The van der Waals surface area contributed by atoms with Gasteiger partial charge in [-0.15, -0.1) is 0 Å². The first-order valence-electron chi connectivity index (χ1n) is 8.17. The van der Waals surface area contributed by atoms with Crippen LogP contribution in [0.3, 0.4) is 0 Å². The molecule has 2 fully saturated rings.